The zero-order valence-electron chi connectivity index (χ0n) is 6.94. The summed E-state index contributed by atoms with van der Waals surface area (Å²) >= 11 is 0. The van der Waals surface area contributed by atoms with E-state index in [-0.39, 0.29) is 0 Å². The highest BCUT2D eigenvalue weighted by Gasteiger charge is 2.12. The number of hydrogen-bond donors (Lipinski definition) is 0. The molecule has 0 aromatic carbocycles. The van der Waals surface area contributed by atoms with Gasteiger partial charge in [0, 0.05) is 5.92 Å². The second-order valence-electron chi connectivity index (χ2n) is 2.96. The molecule has 0 amide bonds. The average molecular weight is 160 g/mol. The van der Waals surface area contributed by atoms with Gasteiger partial charge in [-0.2, -0.15) is 0 Å². The lowest BCUT2D eigenvalue weighted by atomic mass is 9.98. The van der Waals surface area contributed by atoms with Crippen LogP contribution in [0.4, 0.5) is 0 Å². The summed E-state index contributed by atoms with van der Waals surface area (Å²) in [5.41, 5.74) is 0. The molecular formula is C11H12O. The van der Waals surface area contributed by atoms with Gasteiger partial charge in [-0.05, 0) is 18.6 Å². The predicted octanol–water partition coefficient (Wildman–Crippen LogP) is 2.59. The van der Waals surface area contributed by atoms with Gasteiger partial charge in [0.2, 0.25) is 0 Å². The number of ether oxygens (including phenoxy) is 1. The van der Waals surface area contributed by atoms with E-state index in [1.807, 2.05) is 6.08 Å². The first-order valence-corrected chi connectivity index (χ1v) is 4.29. The van der Waals surface area contributed by atoms with Crippen LogP contribution in [0.25, 0.3) is 0 Å². The Labute approximate surface area is 72.7 Å². The lowest BCUT2D eigenvalue weighted by Gasteiger charge is -2.19. The van der Waals surface area contributed by atoms with E-state index >= 15 is 0 Å². The molecule has 1 heteroatoms. The molecule has 0 radical (unpaired) electrons. The molecule has 1 unspecified atom stereocenters. The molecule has 0 bridgehead atoms. The van der Waals surface area contributed by atoms with Crippen molar-refractivity contribution in [1.29, 1.82) is 0 Å². The number of rotatable bonds is 1. The Morgan fingerprint density at radius 3 is 2.83 bits per heavy atom. The zero-order chi connectivity index (χ0) is 8.23. The van der Waals surface area contributed by atoms with Crippen molar-refractivity contribution in [3.05, 3.63) is 48.3 Å². The van der Waals surface area contributed by atoms with Crippen molar-refractivity contribution < 1.29 is 4.74 Å². The van der Waals surface area contributed by atoms with E-state index in [2.05, 4.69) is 36.5 Å². The number of hydrogen-bond acceptors (Lipinski definition) is 1. The highest BCUT2D eigenvalue weighted by atomic mass is 16.5. The van der Waals surface area contributed by atoms with Crippen molar-refractivity contribution in [1.82, 2.24) is 0 Å². The van der Waals surface area contributed by atoms with Crippen molar-refractivity contribution in [3.8, 4) is 0 Å². The van der Waals surface area contributed by atoms with Crippen LogP contribution in [0.5, 0.6) is 0 Å². The summed E-state index contributed by atoms with van der Waals surface area (Å²) in [6.07, 6.45) is 15.7. The Balaban J connectivity index is 2.09. The standard InChI is InChI=1S/C11H12O/c1-2-6-10(7-3-1)11-8-4-5-9-12-11/h1-6,8,10H,7,9H2. The molecule has 0 N–H and O–H groups in total. The van der Waals surface area contributed by atoms with Gasteiger partial charge in [-0.25, -0.2) is 0 Å². The Morgan fingerprint density at radius 2 is 2.17 bits per heavy atom. The fourth-order valence-electron chi connectivity index (χ4n) is 1.43. The van der Waals surface area contributed by atoms with Gasteiger partial charge in [-0.1, -0.05) is 30.4 Å². The molecule has 12 heavy (non-hydrogen) atoms. The third-order valence-electron chi connectivity index (χ3n) is 2.09. The fourth-order valence-corrected chi connectivity index (χ4v) is 1.43. The van der Waals surface area contributed by atoms with Crippen LogP contribution in [0.2, 0.25) is 0 Å². The van der Waals surface area contributed by atoms with Crippen molar-refractivity contribution in [3.63, 3.8) is 0 Å². The van der Waals surface area contributed by atoms with Crippen LogP contribution in [-0.2, 0) is 4.74 Å². The minimum Gasteiger partial charge on any atom is -0.493 e. The first-order chi connectivity index (χ1) is 5.97. The molecule has 0 aromatic rings. The maximum absolute atomic E-state index is 5.51. The third kappa shape index (κ3) is 1.50. The quantitative estimate of drug-likeness (QED) is 0.573. The van der Waals surface area contributed by atoms with Crippen LogP contribution in [0.15, 0.2) is 48.3 Å². The Kier molecular flexibility index (Phi) is 2.12. The molecular weight excluding hydrogens is 148 g/mol. The summed E-state index contributed by atoms with van der Waals surface area (Å²) in [6, 6.07) is 0. The lowest BCUT2D eigenvalue weighted by molar-refractivity contribution is 0.214. The molecule has 0 aromatic heterocycles. The summed E-state index contributed by atoms with van der Waals surface area (Å²) in [5, 5.41) is 0. The minimum absolute atomic E-state index is 0.458. The molecule has 0 saturated carbocycles. The molecule has 2 rings (SSSR count). The predicted molar refractivity (Wildman–Crippen MR) is 49.6 cm³/mol. The first kappa shape index (κ1) is 7.41. The molecule has 1 aliphatic carbocycles. The third-order valence-corrected chi connectivity index (χ3v) is 2.09. The van der Waals surface area contributed by atoms with Gasteiger partial charge in [0.25, 0.3) is 0 Å². The largest absolute Gasteiger partial charge is 0.493 e. The zero-order valence-corrected chi connectivity index (χ0v) is 6.94. The molecule has 0 spiro atoms. The average Bonchev–Trinajstić information content (AvgIpc) is 2.21. The van der Waals surface area contributed by atoms with Crippen LogP contribution < -0.4 is 0 Å². The van der Waals surface area contributed by atoms with Gasteiger partial charge in [0.1, 0.15) is 12.4 Å². The normalized spacial score (nSPS) is 26.7. The van der Waals surface area contributed by atoms with Gasteiger partial charge in [0.15, 0.2) is 0 Å². The summed E-state index contributed by atoms with van der Waals surface area (Å²) in [5.74, 6) is 1.55. The van der Waals surface area contributed by atoms with E-state index in [0.717, 1.165) is 18.8 Å². The SMILES string of the molecule is C1=CCOC(C2C=CC=CC2)=C1. The highest BCUT2D eigenvalue weighted by Crippen LogP contribution is 2.23. The Hall–Kier alpha value is -1.24. The number of allylic oxidation sites excluding steroid dienone is 6. The van der Waals surface area contributed by atoms with E-state index in [0.29, 0.717) is 5.92 Å². The van der Waals surface area contributed by atoms with Crippen molar-refractivity contribution >= 4 is 0 Å². The van der Waals surface area contributed by atoms with Gasteiger partial charge >= 0.3 is 0 Å². The fraction of sp³-hybridized carbons (Fsp3) is 0.273. The highest BCUT2D eigenvalue weighted by molar-refractivity contribution is 5.23. The van der Waals surface area contributed by atoms with Crippen molar-refractivity contribution in [2.75, 3.05) is 6.61 Å². The topological polar surface area (TPSA) is 9.23 Å². The molecule has 0 saturated heterocycles. The van der Waals surface area contributed by atoms with Crippen LogP contribution in [0, 0.1) is 5.92 Å². The van der Waals surface area contributed by atoms with Gasteiger partial charge in [-0.15, -0.1) is 0 Å². The molecule has 1 nitrogen and oxygen atoms in total. The summed E-state index contributed by atoms with van der Waals surface area (Å²) in [4.78, 5) is 0. The van der Waals surface area contributed by atoms with Crippen LogP contribution in [-0.4, -0.2) is 6.61 Å². The summed E-state index contributed by atoms with van der Waals surface area (Å²) in [7, 11) is 0. The molecule has 0 fully saturated rings. The van der Waals surface area contributed by atoms with Crippen LogP contribution in [0.1, 0.15) is 6.42 Å². The van der Waals surface area contributed by atoms with Gasteiger partial charge in [-0.3, -0.25) is 0 Å². The minimum atomic E-state index is 0.458. The molecule has 62 valence electrons. The molecule has 1 atom stereocenters. The molecule has 1 heterocycles. The maximum Gasteiger partial charge on any atom is 0.106 e. The van der Waals surface area contributed by atoms with E-state index in [9.17, 15) is 0 Å². The monoisotopic (exact) mass is 160 g/mol. The van der Waals surface area contributed by atoms with E-state index in [4.69, 9.17) is 4.74 Å². The summed E-state index contributed by atoms with van der Waals surface area (Å²) < 4.78 is 5.51. The first-order valence-electron chi connectivity index (χ1n) is 4.29. The second-order valence-corrected chi connectivity index (χ2v) is 2.96. The van der Waals surface area contributed by atoms with Gasteiger partial charge < -0.3 is 4.74 Å². The smallest absolute Gasteiger partial charge is 0.106 e. The molecule has 2 aliphatic rings. The van der Waals surface area contributed by atoms with Crippen molar-refractivity contribution in [2.45, 2.75) is 6.42 Å². The second kappa shape index (κ2) is 3.44. The van der Waals surface area contributed by atoms with E-state index in [1.54, 1.807) is 0 Å². The van der Waals surface area contributed by atoms with Crippen molar-refractivity contribution in [2.24, 2.45) is 5.92 Å². The van der Waals surface area contributed by atoms with E-state index in [1.165, 1.54) is 0 Å². The Morgan fingerprint density at radius 1 is 1.17 bits per heavy atom. The van der Waals surface area contributed by atoms with Crippen LogP contribution >= 0.6 is 0 Å². The maximum atomic E-state index is 5.51. The van der Waals surface area contributed by atoms with Crippen LogP contribution in [0.3, 0.4) is 0 Å². The van der Waals surface area contributed by atoms with Gasteiger partial charge in [0.05, 0.1) is 0 Å². The van der Waals surface area contributed by atoms with E-state index < -0.39 is 0 Å². The summed E-state index contributed by atoms with van der Waals surface area (Å²) in [6.45, 7) is 0.722. The molecule has 1 aliphatic heterocycles. The lowest BCUT2D eigenvalue weighted by Crippen LogP contribution is -2.07. The Bertz CT molecular complexity index is 269.